The molecule has 18 heavy (non-hydrogen) atoms. The summed E-state index contributed by atoms with van der Waals surface area (Å²) in [6, 6.07) is 6.06. The van der Waals surface area contributed by atoms with Gasteiger partial charge in [-0.05, 0) is 44.4 Å². The second-order valence-corrected chi connectivity index (χ2v) is 4.33. The van der Waals surface area contributed by atoms with Crippen LogP contribution < -0.4 is 10.6 Å². The maximum absolute atomic E-state index is 11.7. The summed E-state index contributed by atoms with van der Waals surface area (Å²) in [6.45, 7) is 4.69. The molecule has 98 valence electrons. The molecular weight excluding hydrogens is 248 g/mol. The summed E-state index contributed by atoms with van der Waals surface area (Å²) in [5.41, 5.74) is 4.06. The first kappa shape index (κ1) is 14.6. The van der Waals surface area contributed by atoms with Gasteiger partial charge in [0.15, 0.2) is 0 Å². The molecule has 1 aromatic carbocycles. The van der Waals surface area contributed by atoms with Crippen LogP contribution in [-0.4, -0.2) is 12.5 Å². The summed E-state index contributed by atoms with van der Waals surface area (Å²) in [5.74, 6) is -0.0386. The van der Waals surface area contributed by atoms with Crippen LogP contribution in [0.2, 0.25) is 0 Å². The first-order valence-corrected chi connectivity index (χ1v) is 6.02. The van der Waals surface area contributed by atoms with Crippen molar-refractivity contribution in [2.75, 3.05) is 17.2 Å². The van der Waals surface area contributed by atoms with Crippen molar-refractivity contribution in [1.29, 1.82) is 0 Å². The fourth-order valence-electron chi connectivity index (χ4n) is 1.90. The number of benzene rings is 1. The lowest BCUT2D eigenvalue weighted by molar-refractivity contribution is -0.112. The van der Waals surface area contributed by atoms with E-state index in [4.69, 9.17) is 0 Å². The van der Waals surface area contributed by atoms with Crippen LogP contribution in [-0.2, 0) is 11.2 Å². The lowest BCUT2D eigenvalue weighted by Crippen LogP contribution is -2.15. The predicted octanol–water partition coefficient (Wildman–Crippen LogP) is 3.37. The molecule has 0 saturated carbocycles. The monoisotopic (exact) mass is 266 g/mol. The van der Waals surface area contributed by atoms with Gasteiger partial charge in [-0.2, -0.15) is 0 Å². The van der Waals surface area contributed by atoms with Gasteiger partial charge in [0.1, 0.15) is 0 Å². The molecule has 3 nitrogen and oxygen atoms in total. The third-order valence-corrected chi connectivity index (χ3v) is 3.10. The van der Waals surface area contributed by atoms with Gasteiger partial charge >= 0.3 is 0 Å². The van der Waals surface area contributed by atoms with E-state index >= 15 is 0 Å². The Kier molecular flexibility index (Phi) is 5.23. The van der Waals surface area contributed by atoms with Gasteiger partial charge in [-0.1, -0.05) is 12.1 Å². The van der Waals surface area contributed by atoms with Crippen molar-refractivity contribution < 1.29 is 4.79 Å². The Labute approximate surface area is 114 Å². The number of nitrogens with one attached hydrogen (secondary N) is 2. The zero-order valence-electron chi connectivity index (χ0n) is 10.7. The van der Waals surface area contributed by atoms with Crippen LogP contribution in [0.3, 0.4) is 0 Å². The molecule has 0 radical (unpaired) electrons. The smallest absolute Gasteiger partial charge is 0.250 e. The van der Waals surface area contributed by atoms with Crippen molar-refractivity contribution in [3.05, 3.63) is 35.4 Å². The van der Waals surface area contributed by atoms with Crippen LogP contribution >= 0.6 is 12.4 Å². The molecule has 0 aromatic heterocycles. The number of carbonyl (C=O) groups excluding carboxylic acids is 1. The van der Waals surface area contributed by atoms with Crippen molar-refractivity contribution in [3.63, 3.8) is 0 Å². The lowest BCUT2D eigenvalue weighted by atomic mass is 10.0. The van der Waals surface area contributed by atoms with E-state index in [-0.39, 0.29) is 18.3 Å². The Bertz CT molecular complexity index is 469. The highest BCUT2D eigenvalue weighted by molar-refractivity contribution is 6.03. The number of hydrogen-bond acceptors (Lipinski definition) is 2. The van der Waals surface area contributed by atoms with Crippen molar-refractivity contribution in [2.45, 2.75) is 26.7 Å². The molecule has 0 aliphatic carbocycles. The van der Waals surface area contributed by atoms with E-state index in [0.717, 1.165) is 29.9 Å². The number of anilines is 2. The summed E-state index contributed by atoms with van der Waals surface area (Å²) in [5, 5.41) is 6.25. The largest absolute Gasteiger partial charge is 0.385 e. The number of halogens is 1. The predicted molar refractivity (Wildman–Crippen MR) is 78.6 cm³/mol. The average molecular weight is 267 g/mol. The van der Waals surface area contributed by atoms with Crippen LogP contribution in [0.1, 0.15) is 25.8 Å². The number of carbonyl (C=O) groups is 1. The summed E-state index contributed by atoms with van der Waals surface area (Å²) in [6.07, 6.45) is 4.10. The number of amides is 1. The van der Waals surface area contributed by atoms with Gasteiger partial charge in [0.2, 0.25) is 0 Å². The fourth-order valence-corrected chi connectivity index (χ4v) is 1.90. The standard InChI is InChI=1S/C14H18N2O.ClH/c1-3-10(2)14(17)16-12-7-6-11-5-4-8-15-13(11)9-12;/h3,6-7,9,15H,4-5,8H2,1-2H3,(H,16,17);1H. The van der Waals surface area contributed by atoms with Crippen LogP contribution in [0.4, 0.5) is 11.4 Å². The molecule has 2 N–H and O–H groups in total. The minimum absolute atomic E-state index is 0. The fraction of sp³-hybridized carbons (Fsp3) is 0.357. The molecular formula is C14H19ClN2O. The Morgan fingerprint density at radius 3 is 2.94 bits per heavy atom. The molecule has 2 rings (SSSR count). The Balaban J connectivity index is 0.00000162. The maximum atomic E-state index is 11.7. The van der Waals surface area contributed by atoms with Gasteiger partial charge in [0.05, 0.1) is 0 Å². The molecule has 0 unspecified atom stereocenters. The molecule has 0 atom stereocenters. The molecule has 0 saturated heterocycles. The van der Waals surface area contributed by atoms with Gasteiger partial charge in [-0.3, -0.25) is 4.79 Å². The molecule has 0 spiro atoms. The molecule has 1 aliphatic heterocycles. The van der Waals surface area contributed by atoms with Gasteiger partial charge in [0.25, 0.3) is 5.91 Å². The zero-order chi connectivity index (χ0) is 12.3. The van der Waals surface area contributed by atoms with Crippen LogP contribution in [0.15, 0.2) is 29.8 Å². The minimum Gasteiger partial charge on any atom is -0.385 e. The summed E-state index contributed by atoms with van der Waals surface area (Å²) < 4.78 is 0. The molecule has 1 heterocycles. The van der Waals surface area contributed by atoms with E-state index in [1.807, 2.05) is 32.1 Å². The molecule has 0 fully saturated rings. The maximum Gasteiger partial charge on any atom is 0.250 e. The Hall–Kier alpha value is -1.48. The molecule has 1 amide bonds. The van der Waals surface area contributed by atoms with E-state index in [1.165, 1.54) is 12.0 Å². The molecule has 1 aromatic rings. The number of hydrogen-bond donors (Lipinski definition) is 2. The minimum atomic E-state index is -0.0386. The summed E-state index contributed by atoms with van der Waals surface area (Å²) >= 11 is 0. The van der Waals surface area contributed by atoms with Gasteiger partial charge in [-0.25, -0.2) is 0 Å². The third-order valence-electron chi connectivity index (χ3n) is 3.10. The Morgan fingerprint density at radius 1 is 1.44 bits per heavy atom. The van der Waals surface area contributed by atoms with Crippen LogP contribution in [0, 0.1) is 0 Å². The van der Waals surface area contributed by atoms with Gasteiger partial charge in [0, 0.05) is 23.5 Å². The lowest BCUT2D eigenvalue weighted by Gasteiger charge is -2.18. The molecule has 1 aliphatic rings. The average Bonchev–Trinajstić information content (AvgIpc) is 2.37. The zero-order valence-corrected chi connectivity index (χ0v) is 11.6. The summed E-state index contributed by atoms with van der Waals surface area (Å²) in [4.78, 5) is 11.7. The van der Waals surface area contributed by atoms with Crippen molar-refractivity contribution in [2.24, 2.45) is 0 Å². The van der Waals surface area contributed by atoms with Crippen molar-refractivity contribution >= 4 is 29.7 Å². The normalized spacial score (nSPS) is 14.0. The molecule has 4 heteroatoms. The number of aryl methyl sites for hydroxylation is 1. The second kappa shape index (κ2) is 6.45. The Morgan fingerprint density at radius 2 is 2.22 bits per heavy atom. The topological polar surface area (TPSA) is 41.1 Å². The van der Waals surface area contributed by atoms with Crippen molar-refractivity contribution in [3.8, 4) is 0 Å². The van der Waals surface area contributed by atoms with E-state index in [9.17, 15) is 4.79 Å². The quantitative estimate of drug-likeness (QED) is 0.806. The van der Waals surface area contributed by atoms with Crippen LogP contribution in [0.5, 0.6) is 0 Å². The SMILES string of the molecule is CC=C(C)C(=O)Nc1ccc2c(c1)NCCC2.Cl. The van der Waals surface area contributed by atoms with E-state index < -0.39 is 0 Å². The third kappa shape index (κ3) is 3.26. The number of rotatable bonds is 2. The van der Waals surface area contributed by atoms with Crippen molar-refractivity contribution in [1.82, 2.24) is 0 Å². The first-order valence-electron chi connectivity index (χ1n) is 6.02. The van der Waals surface area contributed by atoms with E-state index in [0.29, 0.717) is 0 Å². The first-order chi connectivity index (χ1) is 8.20. The highest BCUT2D eigenvalue weighted by Gasteiger charge is 2.10. The molecule has 0 bridgehead atoms. The highest BCUT2D eigenvalue weighted by atomic mass is 35.5. The van der Waals surface area contributed by atoms with E-state index in [1.54, 1.807) is 0 Å². The number of allylic oxidation sites excluding steroid dienone is 1. The highest BCUT2D eigenvalue weighted by Crippen LogP contribution is 2.25. The van der Waals surface area contributed by atoms with Gasteiger partial charge < -0.3 is 10.6 Å². The second-order valence-electron chi connectivity index (χ2n) is 4.33. The number of fused-ring (bicyclic) bond motifs is 1. The van der Waals surface area contributed by atoms with E-state index in [2.05, 4.69) is 16.7 Å². The van der Waals surface area contributed by atoms with Crippen LogP contribution in [0.25, 0.3) is 0 Å². The van der Waals surface area contributed by atoms with Gasteiger partial charge in [-0.15, -0.1) is 12.4 Å². The summed E-state index contributed by atoms with van der Waals surface area (Å²) in [7, 11) is 0.